The van der Waals surface area contributed by atoms with Crippen molar-refractivity contribution in [3.05, 3.63) is 71.8 Å². The van der Waals surface area contributed by atoms with Crippen molar-refractivity contribution in [1.29, 1.82) is 0 Å². The van der Waals surface area contributed by atoms with E-state index in [4.69, 9.17) is 16.3 Å². The molecule has 0 radical (unpaired) electrons. The van der Waals surface area contributed by atoms with Gasteiger partial charge in [-0.1, -0.05) is 25.4 Å². The van der Waals surface area contributed by atoms with E-state index in [9.17, 15) is 18.4 Å². The maximum Gasteiger partial charge on any atom is 0.261 e. The van der Waals surface area contributed by atoms with E-state index in [1.165, 1.54) is 24.5 Å². The first-order valence-electron chi connectivity index (χ1n) is 10.2. The summed E-state index contributed by atoms with van der Waals surface area (Å²) in [6.07, 6.45) is 3.04. The zero-order chi connectivity index (χ0) is 24.0. The van der Waals surface area contributed by atoms with E-state index in [1.807, 2.05) is 13.8 Å². The first-order chi connectivity index (χ1) is 15.7. The molecule has 3 rings (SSSR count). The monoisotopic (exact) mass is 492 g/mol. The highest BCUT2D eigenvalue weighted by Gasteiger charge is 2.32. The van der Waals surface area contributed by atoms with E-state index >= 15 is 0 Å². The number of benzene rings is 2. The van der Waals surface area contributed by atoms with Crippen LogP contribution in [0, 0.1) is 5.92 Å². The second-order valence-corrected chi connectivity index (χ2v) is 10.3. The van der Waals surface area contributed by atoms with Gasteiger partial charge in [-0.3, -0.25) is 10.0 Å². The zero-order valence-electron chi connectivity index (χ0n) is 18.1. The smallest absolute Gasteiger partial charge is 0.261 e. The van der Waals surface area contributed by atoms with Crippen LogP contribution >= 0.6 is 11.6 Å². The van der Waals surface area contributed by atoms with Gasteiger partial charge in [-0.05, 0) is 54.4 Å². The number of H-pyrrole nitrogens is 1. The van der Waals surface area contributed by atoms with Gasteiger partial charge >= 0.3 is 0 Å². The molecule has 3 aromatic rings. The summed E-state index contributed by atoms with van der Waals surface area (Å²) in [6, 6.07) is 12.7. The van der Waals surface area contributed by atoms with Gasteiger partial charge in [0, 0.05) is 30.4 Å². The molecule has 0 saturated heterocycles. The maximum atomic E-state index is 13.4. The SMILES string of the molecule is CC(C)CC(=O)N(O)NC[C@H](c1ncc[nH]1)S(=O)(=O)c1ccc(Oc2ccc(Cl)cc2)cc1. The van der Waals surface area contributed by atoms with Crippen molar-refractivity contribution < 1.29 is 23.2 Å². The molecule has 33 heavy (non-hydrogen) atoms. The predicted octanol–water partition coefficient (Wildman–Crippen LogP) is 4.14. The first-order valence-corrected chi connectivity index (χ1v) is 12.1. The number of hydrazine groups is 1. The van der Waals surface area contributed by atoms with Gasteiger partial charge in [0.2, 0.25) is 0 Å². The van der Waals surface area contributed by atoms with Crippen molar-refractivity contribution in [3.63, 3.8) is 0 Å². The Morgan fingerprint density at radius 3 is 2.30 bits per heavy atom. The summed E-state index contributed by atoms with van der Waals surface area (Å²) in [5.41, 5.74) is 2.47. The average Bonchev–Trinajstić information content (AvgIpc) is 3.29. The highest BCUT2D eigenvalue weighted by atomic mass is 35.5. The standard InChI is InChI=1S/C22H25ClN4O5S/c1-15(2)13-21(28)27(29)26-14-20(22-24-11-12-25-22)33(30,31)19-9-7-18(8-10-19)32-17-5-3-16(23)4-6-17/h3-12,15,20,26,29H,13-14H2,1-2H3,(H,24,25)/t20-/m1/s1. The van der Waals surface area contributed by atoms with Gasteiger partial charge < -0.3 is 9.72 Å². The molecular formula is C22H25ClN4O5S. The molecule has 2 aromatic carbocycles. The Labute approximate surface area is 197 Å². The van der Waals surface area contributed by atoms with Crippen molar-refractivity contribution in [2.45, 2.75) is 30.4 Å². The van der Waals surface area contributed by atoms with Gasteiger partial charge in [-0.15, -0.1) is 0 Å². The topological polar surface area (TPSA) is 125 Å². The van der Waals surface area contributed by atoms with Crippen LogP contribution in [0.1, 0.15) is 31.3 Å². The number of carbonyl (C=O) groups is 1. The Morgan fingerprint density at radius 2 is 1.76 bits per heavy atom. The third kappa shape index (κ3) is 6.55. The third-order valence-electron chi connectivity index (χ3n) is 4.65. The molecule has 0 saturated carbocycles. The Balaban J connectivity index is 1.77. The number of ether oxygens (including phenoxy) is 1. The summed E-state index contributed by atoms with van der Waals surface area (Å²) in [7, 11) is -3.94. The molecule has 1 amide bonds. The molecule has 9 nitrogen and oxygen atoms in total. The summed E-state index contributed by atoms with van der Waals surface area (Å²) >= 11 is 5.87. The lowest BCUT2D eigenvalue weighted by Gasteiger charge is -2.21. The van der Waals surface area contributed by atoms with Crippen LogP contribution in [0.4, 0.5) is 0 Å². The van der Waals surface area contributed by atoms with Gasteiger partial charge in [0.05, 0.1) is 4.90 Å². The summed E-state index contributed by atoms with van der Waals surface area (Å²) in [5.74, 6) is 0.650. The molecule has 176 valence electrons. The maximum absolute atomic E-state index is 13.4. The van der Waals surface area contributed by atoms with Crippen LogP contribution in [-0.4, -0.2) is 41.2 Å². The molecule has 0 aliphatic heterocycles. The van der Waals surface area contributed by atoms with Crippen molar-refractivity contribution in [2.24, 2.45) is 5.92 Å². The number of hydrogen-bond donors (Lipinski definition) is 3. The molecule has 0 fully saturated rings. The van der Waals surface area contributed by atoms with Crippen LogP contribution in [0.5, 0.6) is 11.5 Å². The number of hydrogen-bond acceptors (Lipinski definition) is 7. The van der Waals surface area contributed by atoms with Gasteiger partial charge in [0.1, 0.15) is 22.6 Å². The largest absolute Gasteiger partial charge is 0.457 e. The number of amides is 1. The number of rotatable bonds is 10. The van der Waals surface area contributed by atoms with Crippen LogP contribution in [0.15, 0.2) is 65.8 Å². The minimum Gasteiger partial charge on any atom is -0.457 e. The van der Waals surface area contributed by atoms with E-state index in [-0.39, 0.29) is 29.6 Å². The molecule has 1 atom stereocenters. The van der Waals surface area contributed by atoms with Gasteiger partial charge in [0.25, 0.3) is 5.91 Å². The molecule has 3 N–H and O–H groups in total. The van der Waals surface area contributed by atoms with Gasteiger partial charge in [-0.25, -0.2) is 18.8 Å². The molecule has 0 bridgehead atoms. The fourth-order valence-electron chi connectivity index (χ4n) is 3.00. The third-order valence-corrected chi connectivity index (χ3v) is 6.97. The summed E-state index contributed by atoms with van der Waals surface area (Å²) in [6.45, 7) is 3.39. The number of nitrogens with one attached hydrogen (secondary N) is 2. The average molecular weight is 493 g/mol. The molecule has 0 aliphatic carbocycles. The van der Waals surface area contributed by atoms with E-state index in [1.54, 1.807) is 36.4 Å². The Bertz CT molecular complexity index is 1150. The highest BCUT2D eigenvalue weighted by molar-refractivity contribution is 7.91. The Kier molecular flexibility index (Phi) is 8.09. The fraction of sp³-hybridized carbons (Fsp3) is 0.273. The molecule has 0 spiro atoms. The summed E-state index contributed by atoms with van der Waals surface area (Å²) < 4.78 is 32.4. The lowest BCUT2D eigenvalue weighted by atomic mass is 10.1. The molecular weight excluding hydrogens is 468 g/mol. The number of sulfone groups is 1. The number of halogens is 1. The second-order valence-electron chi connectivity index (χ2n) is 7.70. The molecule has 1 aromatic heterocycles. The van der Waals surface area contributed by atoms with Crippen LogP contribution in [0.25, 0.3) is 0 Å². The van der Waals surface area contributed by atoms with Crippen molar-refractivity contribution in [1.82, 2.24) is 20.6 Å². The van der Waals surface area contributed by atoms with E-state index < -0.39 is 21.0 Å². The van der Waals surface area contributed by atoms with Crippen LogP contribution in [-0.2, 0) is 14.6 Å². The molecule has 1 heterocycles. The second kappa shape index (κ2) is 10.8. The van der Waals surface area contributed by atoms with Crippen molar-refractivity contribution in [3.8, 4) is 11.5 Å². The summed E-state index contributed by atoms with van der Waals surface area (Å²) in [5, 5.41) is 9.69. The van der Waals surface area contributed by atoms with E-state index in [2.05, 4.69) is 15.4 Å². The molecule has 0 aliphatic rings. The van der Waals surface area contributed by atoms with E-state index in [0.29, 0.717) is 21.7 Å². The fourth-order valence-corrected chi connectivity index (χ4v) is 4.69. The first kappa shape index (κ1) is 24.7. The quantitative estimate of drug-likeness (QED) is 0.287. The van der Waals surface area contributed by atoms with Crippen LogP contribution in [0.3, 0.4) is 0 Å². The van der Waals surface area contributed by atoms with E-state index in [0.717, 1.165) is 0 Å². The van der Waals surface area contributed by atoms with Crippen LogP contribution < -0.4 is 10.2 Å². The number of nitrogens with zero attached hydrogens (tertiary/aromatic N) is 2. The molecule has 11 heteroatoms. The molecule has 0 unspecified atom stereocenters. The Morgan fingerprint density at radius 1 is 1.15 bits per heavy atom. The Hall–Kier alpha value is -2.92. The number of carbonyl (C=O) groups excluding carboxylic acids is 1. The summed E-state index contributed by atoms with van der Waals surface area (Å²) in [4.78, 5) is 18.9. The van der Waals surface area contributed by atoms with Crippen molar-refractivity contribution in [2.75, 3.05) is 6.54 Å². The predicted molar refractivity (Wildman–Crippen MR) is 123 cm³/mol. The number of imidazole rings is 1. The minimum absolute atomic E-state index is 0.0344. The lowest BCUT2D eigenvalue weighted by molar-refractivity contribution is -0.180. The zero-order valence-corrected chi connectivity index (χ0v) is 19.7. The minimum atomic E-state index is -3.94. The lowest BCUT2D eigenvalue weighted by Crippen LogP contribution is -2.43. The van der Waals surface area contributed by atoms with Gasteiger partial charge in [0.15, 0.2) is 9.84 Å². The van der Waals surface area contributed by atoms with Gasteiger partial charge in [-0.2, -0.15) is 5.17 Å². The number of hydroxylamine groups is 1. The number of aromatic nitrogens is 2. The normalized spacial score (nSPS) is 12.5. The van der Waals surface area contributed by atoms with Crippen LogP contribution in [0.2, 0.25) is 5.02 Å². The number of aromatic amines is 1. The van der Waals surface area contributed by atoms with Crippen molar-refractivity contribution >= 4 is 27.3 Å². The highest BCUT2D eigenvalue weighted by Crippen LogP contribution is 2.29.